The molecule has 0 radical (unpaired) electrons. The number of piperidine rings is 1. The van der Waals surface area contributed by atoms with E-state index in [-0.39, 0.29) is 36.4 Å². The number of aromatic nitrogens is 6. The second kappa shape index (κ2) is 12.0. The number of alkyl carbamates (subject to hydrolysis) is 1. The zero-order chi connectivity index (χ0) is 30.1. The molecule has 1 aliphatic rings. The van der Waals surface area contributed by atoms with E-state index in [0.717, 1.165) is 34.0 Å². The molecule has 1 aromatic carbocycles. The number of para-hydroxylation sites is 1. The third-order valence-electron chi connectivity index (χ3n) is 7.28. The number of nitrogens with zero attached hydrogens (tertiary/aromatic N) is 7. The number of anilines is 1. The van der Waals surface area contributed by atoms with Gasteiger partial charge in [-0.3, -0.25) is 13.9 Å². The van der Waals surface area contributed by atoms with Crippen molar-refractivity contribution < 1.29 is 9.53 Å². The molecule has 1 atom stereocenters. The maximum atomic E-state index is 14.0. The summed E-state index contributed by atoms with van der Waals surface area (Å²) in [5.74, 6) is 0.885. The number of fused-ring (bicyclic) bond motifs is 2. The van der Waals surface area contributed by atoms with Crippen molar-refractivity contribution in [2.24, 2.45) is 7.05 Å². The van der Waals surface area contributed by atoms with Gasteiger partial charge in [0.1, 0.15) is 5.82 Å². The minimum Gasteiger partial charge on any atom is -0.447 e. The third kappa shape index (κ3) is 5.89. The minimum absolute atomic E-state index is 0.0916. The van der Waals surface area contributed by atoms with E-state index in [4.69, 9.17) is 21.3 Å². The summed E-state index contributed by atoms with van der Waals surface area (Å²) in [4.78, 5) is 55.8. The largest absolute Gasteiger partial charge is 0.447 e. The van der Waals surface area contributed by atoms with Crippen LogP contribution in [0.2, 0.25) is 0 Å². The number of benzene rings is 1. The minimum atomic E-state index is -0.517. The van der Waals surface area contributed by atoms with Crippen LogP contribution in [0.15, 0.2) is 45.0 Å². The first kappa shape index (κ1) is 29.3. The number of halogens is 1. The first-order valence-electron chi connectivity index (χ1n) is 14.0. The molecule has 42 heavy (non-hydrogen) atoms. The van der Waals surface area contributed by atoms with E-state index in [0.29, 0.717) is 29.9 Å². The average molecular weight is 595 g/mol. The van der Waals surface area contributed by atoms with Gasteiger partial charge in [-0.25, -0.2) is 19.6 Å². The Kier molecular flexibility index (Phi) is 8.35. The fourth-order valence-electron chi connectivity index (χ4n) is 5.33. The van der Waals surface area contributed by atoms with Crippen molar-refractivity contribution >= 4 is 45.7 Å². The van der Waals surface area contributed by atoms with Crippen LogP contribution in [0.4, 0.5) is 10.7 Å². The normalized spacial score (nSPS) is 16.0. The fraction of sp³-hybridized carbons (Fsp3) is 0.448. The van der Waals surface area contributed by atoms with E-state index in [1.807, 2.05) is 36.1 Å². The van der Waals surface area contributed by atoms with Crippen molar-refractivity contribution in [1.82, 2.24) is 34.0 Å². The van der Waals surface area contributed by atoms with Gasteiger partial charge in [0.15, 0.2) is 11.2 Å². The molecule has 4 heterocycles. The molecule has 0 spiro atoms. The maximum absolute atomic E-state index is 14.0. The van der Waals surface area contributed by atoms with E-state index >= 15 is 0 Å². The number of nitrogens with one attached hydrogen (secondary N) is 1. The van der Waals surface area contributed by atoms with Crippen LogP contribution in [0, 0.1) is 6.92 Å². The van der Waals surface area contributed by atoms with Crippen LogP contribution < -0.4 is 21.5 Å². The van der Waals surface area contributed by atoms with E-state index in [9.17, 15) is 14.4 Å². The van der Waals surface area contributed by atoms with Crippen molar-refractivity contribution in [1.29, 1.82) is 0 Å². The molecule has 1 amide bonds. The Morgan fingerprint density at radius 3 is 2.69 bits per heavy atom. The lowest BCUT2D eigenvalue weighted by Crippen LogP contribution is -2.49. The van der Waals surface area contributed by atoms with Crippen LogP contribution in [-0.4, -0.2) is 60.0 Å². The molecule has 1 aliphatic heterocycles. The summed E-state index contributed by atoms with van der Waals surface area (Å²) < 4.78 is 9.57. The molecule has 4 aromatic rings. The number of allylic oxidation sites excluding steroid dienone is 2. The van der Waals surface area contributed by atoms with Crippen LogP contribution in [0.25, 0.3) is 22.1 Å². The lowest BCUT2D eigenvalue weighted by atomic mass is 10.1. The number of hydrogen-bond acceptors (Lipinski definition) is 8. The van der Waals surface area contributed by atoms with Crippen LogP contribution in [0.3, 0.4) is 0 Å². The Hall–Kier alpha value is -4.19. The van der Waals surface area contributed by atoms with Gasteiger partial charge in [0.25, 0.3) is 5.56 Å². The summed E-state index contributed by atoms with van der Waals surface area (Å²) in [6.45, 7) is 8.54. The van der Waals surface area contributed by atoms with Gasteiger partial charge < -0.3 is 19.5 Å². The summed E-state index contributed by atoms with van der Waals surface area (Å²) in [7, 11) is 1.60. The molecule has 222 valence electrons. The van der Waals surface area contributed by atoms with Gasteiger partial charge in [0.05, 0.1) is 18.2 Å². The Bertz CT molecular complexity index is 1800. The molecule has 0 aliphatic carbocycles. The zero-order valence-corrected chi connectivity index (χ0v) is 25.2. The van der Waals surface area contributed by atoms with Crippen molar-refractivity contribution in [3.63, 3.8) is 0 Å². The van der Waals surface area contributed by atoms with Crippen LogP contribution >= 0.6 is 11.6 Å². The van der Waals surface area contributed by atoms with E-state index in [1.165, 1.54) is 4.57 Å². The predicted molar refractivity (Wildman–Crippen MR) is 162 cm³/mol. The summed E-state index contributed by atoms with van der Waals surface area (Å²) in [5, 5.41) is 4.40. The molecule has 1 N–H and O–H groups in total. The van der Waals surface area contributed by atoms with Gasteiger partial charge in [0.2, 0.25) is 5.95 Å². The SMILES string of the molecule is CC(Cl)=CCn1c(N2CCCC(NC(=O)OC(C)C)C2)nc2c1c(=O)n(Cc1nc(C)c3ccccc3n1)c(=O)n2C. The van der Waals surface area contributed by atoms with Crippen molar-refractivity contribution in [2.75, 3.05) is 18.0 Å². The number of ether oxygens (including phenoxy) is 1. The lowest BCUT2D eigenvalue weighted by Gasteiger charge is -2.33. The smallest absolute Gasteiger partial charge is 0.407 e. The molecule has 12 nitrogen and oxygen atoms in total. The highest BCUT2D eigenvalue weighted by Crippen LogP contribution is 2.24. The number of amides is 1. The first-order valence-corrected chi connectivity index (χ1v) is 14.4. The van der Waals surface area contributed by atoms with Gasteiger partial charge in [-0.05, 0) is 46.6 Å². The molecule has 0 saturated carbocycles. The quantitative estimate of drug-likeness (QED) is 0.344. The molecule has 3 aromatic heterocycles. The highest BCUT2D eigenvalue weighted by atomic mass is 35.5. The summed E-state index contributed by atoms with van der Waals surface area (Å²) in [6.07, 6.45) is 2.66. The Balaban J connectivity index is 1.58. The Morgan fingerprint density at radius 1 is 1.19 bits per heavy atom. The summed E-state index contributed by atoms with van der Waals surface area (Å²) in [6, 6.07) is 7.45. The molecular weight excluding hydrogens is 560 g/mol. The number of carbonyl (C=O) groups is 1. The van der Waals surface area contributed by atoms with E-state index in [2.05, 4.69) is 15.3 Å². The zero-order valence-electron chi connectivity index (χ0n) is 24.4. The van der Waals surface area contributed by atoms with Crippen LogP contribution in [0.1, 0.15) is 45.1 Å². The Morgan fingerprint density at radius 2 is 1.95 bits per heavy atom. The number of rotatable bonds is 7. The molecular formula is C29H35ClN8O4. The summed E-state index contributed by atoms with van der Waals surface area (Å²) >= 11 is 6.20. The number of hydrogen-bond donors (Lipinski definition) is 1. The van der Waals surface area contributed by atoms with Crippen molar-refractivity contribution in [2.45, 2.75) is 65.8 Å². The van der Waals surface area contributed by atoms with Gasteiger partial charge in [0, 0.05) is 48.8 Å². The standard InChI is InChI=1S/C29H35ClN8O4/c1-17(2)42-28(40)32-20-9-8-13-36(15-20)27-34-25-24(37(27)14-12-18(3)30)26(39)38(29(41)35(25)5)16-23-31-19(4)21-10-6-7-11-22(21)33-23/h6-7,10-12,17,20H,8-9,13-16H2,1-5H3,(H,32,40). The Labute approximate surface area is 247 Å². The highest BCUT2D eigenvalue weighted by molar-refractivity contribution is 6.29. The number of carbonyl (C=O) groups excluding carboxylic acids is 1. The van der Waals surface area contributed by atoms with Crippen molar-refractivity contribution in [3.05, 3.63) is 67.7 Å². The third-order valence-corrected chi connectivity index (χ3v) is 7.43. The lowest BCUT2D eigenvalue weighted by molar-refractivity contribution is 0.111. The predicted octanol–water partition coefficient (Wildman–Crippen LogP) is 3.44. The molecule has 1 unspecified atom stereocenters. The first-order chi connectivity index (χ1) is 20.0. The molecule has 1 saturated heterocycles. The van der Waals surface area contributed by atoms with Crippen molar-refractivity contribution in [3.8, 4) is 0 Å². The van der Waals surface area contributed by atoms with Crippen LogP contribution in [-0.2, 0) is 24.9 Å². The van der Waals surface area contributed by atoms with E-state index < -0.39 is 17.3 Å². The van der Waals surface area contributed by atoms with Gasteiger partial charge in [-0.15, -0.1) is 0 Å². The molecule has 1 fully saturated rings. The van der Waals surface area contributed by atoms with Gasteiger partial charge >= 0.3 is 11.8 Å². The number of imidazole rings is 1. The monoisotopic (exact) mass is 594 g/mol. The second-order valence-electron chi connectivity index (χ2n) is 10.8. The molecule has 13 heteroatoms. The van der Waals surface area contributed by atoms with Gasteiger partial charge in [-0.2, -0.15) is 4.98 Å². The maximum Gasteiger partial charge on any atom is 0.407 e. The van der Waals surface area contributed by atoms with E-state index in [1.54, 1.807) is 38.5 Å². The molecule has 0 bridgehead atoms. The summed E-state index contributed by atoms with van der Waals surface area (Å²) in [5.41, 5.74) is 1.04. The second-order valence-corrected chi connectivity index (χ2v) is 11.4. The average Bonchev–Trinajstić information content (AvgIpc) is 3.32. The topological polar surface area (TPSA) is 129 Å². The molecule has 5 rings (SSSR count). The highest BCUT2D eigenvalue weighted by Gasteiger charge is 2.28. The van der Waals surface area contributed by atoms with Gasteiger partial charge in [-0.1, -0.05) is 35.9 Å². The van der Waals surface area contributed by atoms with Crippen LogP contribution in [0.5, 0.6) is 0 Å². The number of aryl methyl sites for hydroxylation is 2. The fourth-order valence-corrected chi connectivity index (χ4v) is 5.40.